The summed E-state index contributed by atoms with van der Waals surface area (Å²) < 4.78 is 6.43. The fourth-order valence-corrected chi connectivity index (χ4v) is 4.27. The van der Waals surface area contributed by atoms with E-state index >= 15 is 0 Å². The fraction of sp³-hybridized carbons (Fsp3) is 0.200. The highest BCUT2D eigenvalue weighted by molar-refractivity contribution is 9.10. The number of alkyl carbamates (subject to hydrolysis) is 1. The predicted octanol–water partition coefficient (Wildman–Crippen LogP) is 5.37. The van der Waals surface area contributed by atoms with Crippen molar-refractivity contribution in [3.05, 3.63) is 94.0 Å². The molecule has 6 heteroatoms. The topological polar surface area (TPSA) is 75.6 Å². The second kappa shape index (κ2) is 9.35. The Morgan fingerprint density at radius 3 is 2.10 bits per heavy atom. The third-order valence-corrected chi connectivity index (χ3v) is 6.10. The van der Waals surface area contributed by atoms with E-state index in [0.29, 0.717) is 6.42 Å². The summed E-state index contributed by atoms with van der Waals surface area (Å²) in [7, 11) is 0. The van der Waals surface area contributed by atoms with Gasteiger partial charge in [-0.05, 0) is 52.8 Å². The lowest BCUT2D eigenvalue weighted by atomic mass is 9.98. The summed E-state index contributed by atoms with van der Waals surface area (Å²) in [6.45, 7) is 0.152. The van der Waals surface area contributed by atoms with E-state index < -0.39 is 18.1 Å². The third-order valence-electron chi connectivity index (χ3n) is 5.57. The van der Waals surface area contributed by atoms with Crippen LogP contribution in [0.15, 0.2) is 77.3 Å². The molecule has 4 rings (SSSR count). The number of aryl methyl sites for hydroxylation is 1. The van der Waals surface area contributed by atoms with E-state index in [1.165, 1.54) is 0 Å². The normalized spacial score (nSPS) is 13.2. The standard InChI is InChI=1S/C25H22BrNO4/c26-17-12-9-16(10-13-17)11-14-23(24(28)29)27-25(30)31-15-22-20-7-3-1-5-18(20)19-6-2-4-8-21(19)22/h1-10,12-13,22-23H,11,14-15H2,(H,27,30)(H,28,29). The van der Waals surface area contributed by atoms with E-state index in [9.17, 15) is 14.7 Å². The Kier molecular flexibility index (Phi) is 6.37. The van der Waals surface area contributed by atoms with Crippen molar-refractivity contribution in [1.82, 2.24) is 5.32 Å². The zero-order valence-electron chi connectivity index (χ0n) is 16.8. The second-order valence-electron chi connectivity index (χ2n) is 7.53. The molecule has 1 amide bonds. The highest BCUT2D eigenvalue weighted by atomic mass is 79.9. The van der Waals surface area contributed by atoms with Gasteiger partial charge in [0.1, 0.15) is 12.6 Å². The van der Waals surface area contributed by atoms with Crippen LogP contribution in [0.5, 0.6) is 0 Å². The van der Waals surface area contributed by atoms with Crippen LogP contribution in [0.1, 0.15) is 29.0 Å². The van der Waals surface area contributed by atoms with Crippen LogP contribution in [0, 0.1) is 0 Å². The number of hydrogen-bond acceptors (Lipinski definition) is 3. The first-order valence-corrected chi connectivity index (χ1v) is 10.9. The Morgan fingerprint density at radius 1 is 0.935 bits per heavy atom. The van der Waals surface area contributed by atoms with Gasteiger partial charge < -0.3 is 15.2 Å². The zero-order chi connectivity index (χ0) is 21.8. The van der Waals surface area contributed by atoms with E-state index in [1.807, 2.05) is 60.7 Å². The zero-order valence-corrected chi connectivity index (χ0v) is 18.3. The number of fused-ring (bicyclic) bond motifs is 3. The number of carbonyl (C=O) groups excluding carboxylic acids is 1. The molecule has 0 fully saturated rings. The molecule has 1 aliphatic rings. The number of halogens is 1. The summed E-state index contributed by atoms with van der Waals surface area (Å²) in [5, 5.41) is 12.0. The van der Waals surface area contributed by atoms with Gasteiger partial charge in [0.25, 0.3) is 0 Å². The van der Waals surface area contributed by atoms with Crippen LogP contribution in [0.4, 0.5) is 4.79 Å². The maximum absolute atomic E-state index is 12.4. The number of nitrogens with one attached hydrogen (secondary N) is 1. The lowest BCUT2D eigenvalue weighted by Crippen LogP contribution is -2.41. The van der Waals surface area contributed by atoms with Crippen LogP contribution in [0.25, 0.3) is 11.1 Å². The van der Waals surface area contributed by atoms with Crippen molar-refractivity contribution in [2.75, 3.05) is 6.61 Å². The number of ether oxygens (including phenoxy) is 1. The number of carbonyl (C=O) groups is 2. The SMILES string of the molecule is O=C(NC(CCc1ccc(Br)cc1)C(=O)O)OCC1c2ccccc2-c2ccccc21. The van der Waals surface area contributed by atoms with Crippen LogP contribution >= 0.6 is 15.9 Å². The van der Waals surface area contributed by atoms with Gasteiger partial charge in [0.05, 0.1) is 0 Å². The molecule has 1 unspecified atom stereocenters. The number of rotatable bonds is 7. The van der Waals surface area contributed by atoms with E-state index in [4.69, 9.17) is 4.74 Å². The molecule has 1 aliphatic carbocycles. The van der Waals surface area contributed by atoms with Gasteiger partial charge in [0.15, 0.2) is 0 Å². The minimum Gasteiger partial charge on any atom is -0.480 e. The van der Waals surface area contributed by atoms with Crippen molar-refractivity contribution in [3.63, 3.8) is 0 Å². The third kappa shape index (κ3) is 4.80. The number of benzene rings is 3. The summed E-state index contributed by atoms with van der Waals surface area (Å²) in [4.78, 5) is 24.0. The summed E-state index contributed by atoms with van der Waals surface area (Å²) >= 11 is 3.38. The fourth-order valence-electron chi connectivity index (χ4n) is 4.00. The molecule has 3 aromatic rings. The van der Waals surface area contributed by atoms with Gasteiger partial charge >= 0.3 is 12.1 Å². The first-order valence-electron chi connectivity index (χ1n) is 10.1. The van der Waals surface area contributed by atoms with Gasteiger partial charge in [-0.1, -0.05) is 76.6 Å². The predicted molar refractivity (Wildman–Crippen MR) is 122 cm³/mol. The Morgan fingerprint density at radius 2 is 1.52 bits per heavy atom. The summed E-state index contributed by atoms with van der Waals surface area (Å²) in [5.74, 6) is -1.14. The number of aliphatic carboxylic acids is 1. The largest absolute Gasteiger partial charge is 0.480 e. The van der Waals surface area contributed by atoms with Gasteiger partial charge in [-0.2, -0.15) is 0 Å². The molecule has 158 valence electrons. The Hall–Kier alpha value is -3.12. The van der Waals surface area contributed by atoms with Crippen LogP contribution in [0.2, 0.25) is 0 Å². The molecule has 0 aromatic heterocycles. The van der Waals surface area contributed by atoms with Crippen LogP contribution in [-0.2, 0) is 16.0 Å². The summed E-state index contributed by atoms with van der Waals surface area (Å²) in [6, 6.07) is 22.8. The smallest absolute Gasteiger partial charge is 0.407 e. The molecule has 0 saturated heterocycles. The number of amides is 1. The van der Waals surface area contributed by atoms with E-state index in [1.54, 1.807) is 0 Å². The molecular formula is C25H22BrNO4. The molecule has 5 nitrogen and oxygen atoms in total. The molecule has 31 heavy (non-hydrogen) atoms. The lowest BCUT2D eigenvalue weighted by molar-refractivity contribution is -0.139. The average molecular weight is 480 g/mol. The molecular weight excluding hydrogens is 458 g/mol. The Balaban J connectivity index is 1.38. The van der Waals surface area contributed by atoms with E-state index in [-0.39, 0.29) is 18.9 Å². The van der Waals surface area contributed by atoms with Crippen molar-refractivity contribution >= 4 is 28.0 Å². The molecule has 0 saturated carbocycles. The molecule has 0 aliphatic heterocycles. The first-order chi connectivity index (χ1) is 15.0. The quantitative estimate of drug-likeness (QED) is 0.477. The Bertz CT molecular complexity index is 1050. The lowest BCUT2D eigenvalue weighted by Gasteiger charge is -2.17. The molecule has 0 heterocycles. The number of carboxylic acid groups (broad SMARTS) is 1. The van der Waals surface area contributed by atoms with E-state index in [2.05, 4.69) is 33.4 Å². The van der Waals surface area contributed by atoms with Gasteiger partial charge in [-0.25, -0.2) is 9.59 Å². The van der Waals surface area contributed by atoms with Gasteiger partial charge in [-0.15, -0.1) is 0 Å². The highest BCUT2D eigenvalue weighted by Gasteiger charge is 2.29. The minimum absolute atomic E-state index is 0.0656. The average Bonchev–Trinajstić information content (AvgIpc) is 3.10. The molecule has 0 radical (unpaired) electrons. The van der Waals surface area contributed by atoms with Gasteiger partial charge in [0.2, 0.25) is 0 Å². The molecule has 1 atom stereocenters. The second-order valence-corrected chi connectivity index (χ2v) is 8.44. The molecule has 0 bridgehead atoms. The number of hydrogen-bond donors (Lipinski definition) is 2. The molecule has 0 spiro atoms. The molecule has 3 aromatic carbocycles. The van der Waals surface area contributed by atoms with Gasteiger partial charge in [-0.3, -0.25) is 0 Å². The van der Waals surface area contributed by atoms with Crippen LogP contribution < -0.4 is 5.32 Å². The van der Waals surface area contributed by atoms with Crippen molar-refractivity contribution in [2.24, 2.45) is 0 Å². The minimum atomic E-state index is -1.08. The van der Waals surface area contributed by atoms with Crippen molar-refractivity contribution < 1.29 is 19.4 Å². The van der Waals surface area contributed by atoms with E-state index in [0.717, 1.165) is 32.3 Å². The maximum atomic E-state index is 12.4. The first kappa shape index (κ1) is 21.1. The van der Waals surface area contributed by atoms with Crippen molar-refractivity contribution in [2.45, 2.75) is 24.8 Å². The van der Waals surface area contributed by atoms with Crippen molar-refractivity contribution in [1.29, 1.82) is 0 Å². The maximum Gasteiger partial charge on any atom is 0.407 e. The molecule has 2 N–H and O–H groups in total. The van der Waals surface area contributed by atoms with Crippen molar-refractivity contribution in [3.8, 4) is 11.1 Å². The summed E-state index contributed by atoms with van der Waals surface area (Å²) in [6.07, 6.45) is 0.0970. The Labute approximate surface area is 189 Å². The number of carboxylic acids is 1. The highest BCUT2D eigenvalue weighted by Crippen LogP contribution is 2.44. The summed E-state index contributed by atoms with van der Waals surface area (Å²) in [5.41, 5.74) is 5.52. The van der Waals surface area contributed by atoms with Gasteiger partial charge in [0, 0.05) is 10.4 Å². The van der Waals surface area contributed by atoms with Crippen LogP contribution in [0.3, 0.4) is 0 Å². The van der Waals surface area contributed by atoms with Crippen LogP contribution in [-0.4, -0.2) is 29.8 Å². The monoisotopic (exact) mass is 479 g/mol.